The highest BCUT2D eigenvalue weighted by Gasteiger charge is 2.25. The van der Waals surface area contributed by atoms with Crippen LogP contribution in [0.1, 0.15) is 10.4 Å². The molecule has 1 heterocycles. The zero-order chi connectivity index (χ0) is 14.7. The van der Waals surface area contributed by atoms with Gasteiger partial charge in [0.25, 0.3) is 5.91 Å². The predicted molar refractivity (Wildman–Crippen MR) is 79.7 cm³/mol. The Morgan fingerprint density at radius 3 is 2.25 bits per heavy atom. The van der Waals surface area contributed by atoms with Crippen molar-refractivity contribution in [3.8, 4) is 0 Å². The van der Waals surface area contributed by atoms with Crippen molar-refractivity contribution in [3.05, 3.63) is 33.8 Å². The fourth-order valence-corrected chi connectivity index (χ4v) is 2.61. The van der Waals surface area contributed by atoms with Gasteiger partial charge in [0.1, 0.15) is 5.88 Å². The molecule has 0 spiro atoms. The van der Waals surface area contributed by atoms with E-state index < -0.39 is 0 Å². The number of amides is 2. The van der Waals surface area contributed by atoms with Crippen molar-refractivity contribution < 1.29 is 9.59 Å². The molecule has 1 aromatic rings. The Hall–Kier alpha value is -0.970. The number of rotatable bonds is 2. The molecular weight excluding hydrogens is 323 g/mol. The van der Waals surface area contributed by atoms with Crippen molar-refractivity contribution in [2.45, 2.75) is 0 Å². The molecule has 0 N–H and O–H groups in total. The van der Waals surface area contributed by atoms with E-state index in [1.165, 1.54) is 0 Å². The first kappa shape index (κ1) is 15.4. The van der Waals surface area contributed by atoms with Gasteiger partial charge in [-0.05, 0) is 18.2 Å². The molecule has 1 aromatic carbocycles. The highest BCUT2D eigenvalue weighted by atomic mass is 35.5. The van der Waals surface area contributed by atoms with Gasteiger partial charge in [-0.15, -0.1) is 11.6 Å². The third-order valence-electron chi connectivity index (χ3n) is 3.19. The molecule has 0 atom stereocenters. The number of hydrogen-bond donors (Lipinski definition) is 0. The Bertz CT molecular complexity index is 528. The molecule has 1 fully saturated rings. The van der Waals surface area contributed by atoms with Gasteiger partial charge in [-0.2, -0.15) is 0 Å². The van der Waals surface area contributed by atoms with Crippen LogP contribution in [0.25, 0.3) is 0 Å². The highest BCUT2D eigenvalue weighted by Crippen LogP contribution is 2.22. The van der Waals surface area contributed by atoms with E-state index in [9.17, 15) is 9.59 Å². The summed E-state index contributed by atoms with van der Waals surface area (Å²) in [6.45, 7) is 1.89. The van der Waals surface area contributed by atoms with Crippen LogP contribution in [0.15, 0.2) is 18.2 Å². The molecule has 108 valence electrons. The van der Waals surface area contributed by atoms with Crippen molar-refractivity contribution in [3.63, 3.8) is 0 Å². The molecule has 7 heteroatoms. The normalized spacial score (nSPS) is 15.3. The lowest BCUT2D eigenvalue weighted by molar-refractivity contribution is -0.129. The lowest BCUT2D eigenvalue weighted by Crippen LogP contribution is -2.51. The molecule has 1 aliphatic heterocycles. The molecule has 0 saturated carbocycles. The summed E-state index contributed by atoms with van der Waals surface area (Å²) in [5.74, 6) is -0.316. The molecule has 0 aromatic heterocycles. The number of piperazine rings is 1. The van der Waals surface area contributed by atoms with Gasteiger partial charge >= 0.3 is 0 Å². The Kier molecular flexibility index (Phi) is 5.13. The largest absolute Gasteiger partial charge is 0.338 e. The first-order chi connectivity index (χ1) is 9.52. The number of carbonyl (C=O) groups excluding carboxylic acids is 2. The van der Waals surface area contributed by atoms with Gasteiger partial charge < -0.3 is 9.80 Å². The van der Waals surface area contributed by atoms with E-state index in [-0.39, 0.29) is 17.7 Å². The second-order valence-corrected chi connectivity index (χ2v) is 5.54. The van der Waals surface area contributed by atoms with Crippen LogP contribution >= 0.6 is 34.8 Å². The van der Waals surface area contributed by atoms with E-state index in [1.807, 2.05) is 0 Å². The number of nitrogens with zero attached hydrogens (tertiary/aromatic N) is 2. The molecular formula is C13H13Cl3N2O2. The first-order valence-corrected chi connectivity index (χ1v) is 7.40. The van der Waals surface area contributed by atoms with Gasteiger partial charge in [0.2, 0.25) is 5.91 Å². The Morgan fingerprint density at radius 2 is 1.65 bits per heavy atom. The summed E-state index contributed by atoms with van der Waals surface area (Å²) >= 11 is 17.4. The van der Waals surface area contributed by atoms with Crippen molar-refractivity contribution in [1.82, 2.24) is 9.80 Å². The molecule has 0 radical (unpaired) electrons. The number of halogens is 3. The van der Waals surface area contributed by atoms with Crippen LogP contribution in [-0.2, 0) is 4.79 Å². The van der Waals surface area contributed by atoms with Crippen LogP contribution in [0.4, 0.5) is 0 Å². The third-order valence-corrected chi connectivity index (χ3v) is 3.99. The molecule has 2 rings (SSSR count). The van der Waals surface area contributed by atoms with Crippen molar-refractivity contribution in [1.29, 1.82) is 0 Å². The highest BCUT2D eigenvalue weighted by molar-refractivity contribution is 6.35. The molecule has 0 aliphatic carbocycles. The summed E-state index contributed by atoms with van der Waals surface area (Å²) in [6.07, 6.45) is 0. The van der Waals surface area contributed by atoms with Crippen LogP contribution in [-0.4, -0.2) is 53.7 Å². The van der Waals surface area contributed by atoms with Gasteiger partial charge in [-0.3, -0.25) is 9.59 Å². The van der Waals surface area contributed by atoms with Crippen molar-refractivity contribution in [2.24, 2.45) is 0 Å². The molecule has 1 saturated heterocycles. The maximum Gasteiger partial charge on any atom is 0.255 e. The maximum atomic E-state index is 12.4. The minimum atomic E-state index is -0.171. The van der Waals surface area contributed by atoms with Crippen LogP contribution in [0.5, 0.6) is 0 Å². The Balaban J connectivity index is 2.05. The van der Waals surface area contributed by atoms with E-state index in [1.54, 1.807) is 28.0 Å². The summed E-state index contributed by atoms with van der Waals surface area (Å²) in [5.41, 5.74) is 0.385. The molecule has 1 aliphatic rings. The van der Waals surface area contributed by atoms with Gasteiger partial charge in [-0.25, -0.2) is 0 Å². The summed E-state index contributed by atoms with van der Waals surface area (Å²) < 4.78 is 0. The van der Waals surface area contributed by atoms with E-state index in [2.05, 4.69) is 0 Å². The lowest BCUT2D eigenvalue weighted by atomic mass is 10.1. The van der Waals surface area contributed by atoms with Crippen LogP contribution in [0, 0.1) is 0 Å². The number of hydrogen-bond acceptors (Lipinski definition) is 2. The summed E-state index contributed by atoms with van der Waals surface area (Å²) in [7, 11) is 0. The van der Waals surface area contributed by atoms with Gasteiger partial charge in [-0.1, -0.05) is 23.2 Å². The zero-order valence-electron chi connectivity index (χ0n) is 10.6. The summed E-state index contributed by atoms with van der Waals surface area (Å²) in [4.78, 5) is 27.1. The number of benzene rings is 1. The minimum Gasteiger partial charge on any atom is -0.338 e. The summed E-state index contributed by atoms with van der Waals surface area (Å²) in [5, 5.41) is 0.840. The van der Waals surface area contributed by atoms with Crippen molar-refractivity contribution in [2.75, 3.05) is 32.1 Å². The second kappa shape index (κ2) is 6.66. The van der Waals surface area contributed by atoms with E-state index in [0.717, 1.165) is 0 Å². The Labute approximate surface area is 132 Å². The second-order valence-electron chi connectivity index (χ2n) is 4.43. The fourth-order valence-electron chi connectivity index (χ4n) is 2.08. The Morgan fingerprint density at radius 1 is 1.05 bits per heavy atom. The monoisotopic (exact) mass is 334 g/mol. The maximum absolute atomic E-state index is 12.4. The van der Waals surface area contributed by atoms with E-state index in [0.29, 0.717) is 41.8 Å². The first-order valence-electron chi connectivity index (χ1n) is 6.11. The molecule has 4 nitrogen and oxygen atoms in total. The number of alkyl halides is 1. The van der Waals surface area contributed by atoms with Crippen LogP contribution < -0.4 is 0 Å². The topological polar surface area (TPSA) is 40.6 Å². The molecule has 0 unspecified atom stereocenters. The fraction of sp³-hybridized carbons (Fsp3) is 0.385. The SMILES string of the molecule is O=C(CCl)N1CCN(C(=O)c2cc(Cl)ccc2Cl)CC1. The van der Waals surface area contributed by atoms with Gasteiger partial charge in [0, 0.05) is 31.2 Å². The average Bonchev–Trinajstić information content (AvgIpc) is 2.48. The predicted octanol–water partition coefficient (Wildman–Crippen LogP) is 2.52. The van der Waals surface area contributed by atoms with Crippen LogP contribution in [0.2, 0.25) is 10.0 Å². The third kappa shape index (κ3) is 3.37. The average molecular weight is 336 g/mol. The number of carbonyl (C=O) groups is 2. The molecule has 0 bridgehead atoms. The quantitative estimate of drug-likeness (QED) is 0.779. The lowest BCUT2D eigenvalue weighted by Gasteiger charge is -2.34. The van der Waals surface area contributed by atoms with E-state index in [4.69, 9.17) is 34.8 Å². The molecule has 2 amide bonds. The van der Waals surface area contributed by atoms with Crippen molar-refractivity contribution >= 4 is 46.6 Å². The minimum absolute atomic E-state index is 0.0337. The van der Waals surface area contributed by atoms with Crippen LogP contribution in [0.3, 0.4) is 0 Å². The standard InChI is InChI=1S/C13H13Cl3N2O2/c14-8-12(19)17-3-5-18(6-4-17)13(20)10-7-9(15)1-2-11(10)16/h1-2,7H,3-6,8H2. The summed E-state index contributed by atoms with van der Waals surface area (Å²) in [6, 6.07) is 4.80. The zero-order valence-corrected chi connectivity index (χ0v) is 12.9. The van der Waals surface area contributed by atoms with Gasteiger partial charge in [0.05, 0.1) is 10.6 Å². The van der Waals surface area contributed by atoms with E-state index >= 15 is 0 Å². The smallest absolute Gasteiger partial charge is 0.255 e. The molecule has 20 heavy (non-hydrogen) atoms. The van der Waals surface area contributed by atoms with Gasteiger partial charge in [0.15, 0.2) is 0 Å².